The summed E-state index contributed by atoms with van der Waals surface area (Å²) in [6.45, 7) is 0. The number of fused-ring (bicyclic) bond motifs is 6. The highest BCUT2D eigenvalue weighted by Gasteiger charge is 2.46. The molecular weight excluding hydrogens is 1120 g/mol. The van der Waals surface area contributed by atoms with E-state index in [4.69, 9.17) is 0 Å². The van der Waals surface area contributed by atoms with Crippen LogP contribution in [0.5, 0.6) is 0 Å². The highest BCUT2D eigenvalue weighted by Crippen LogP contribution is 2.60. The molecule has 0 fully saturated rings. The molecule has 2 atom stereocenters. The average Bonchev–Trinajstić information content (AvgIpc) is 1.32. The maximum Gasteiger partial charge on any atom is 0.179 e. The van der Waals surface area contributed by atoms with E-state index in [0.29, 0.717) is 0 Å². The Morgan fingerprint density at radius 3 is 0.967 bits per heavy atom. The first kappa shape index (κ1) is 52.3. The van der Waals surface area contributed by atoms with Gasteiger partial charge in [0.2, 0.25) is 0 Å². The fraction of sp³-hybridized carbons (Fsp3) is 0.0233. The summed E-state index contributed by atoms with van der Waals surface area (Å²) in [4.78, 5) is 0. The van der Waals surface area contributed by atoms with Crippen LogP contribution in [-0.4, -0.2) is 25.3 Å². The van der Waals surface area contributed by atoms with E-state index < -0.39 is 16.1 Å². The lowest BCUT2D eigenvalue weighted by Crippen LogP contribution is -2.74. The van der Waals surface area contributed by atoms with Crippen molar-refractivity contribution in [3.8, 4) is 22.5 Å². The van der Waals surface area contributed by atoms with Gasteiger partial charge >= 0.3 is 0 Å². The number of para-hydroxylation sites is 2. The minimum atomic E-state index is -2.84. The second kappa shape index (κ2) is 20.9. The predicted octanol–water partition coefficient (Wildman–Crippen LogP) is 15.3. The molecule has 0 radical (unpaired) electrons. The summed E-state index contributed by atoms with van der Waals surface area (Å²) >= 11 is 0. The molecule has 14 aromatic carbocycles. The van der Waals surface area contributed by atoms with Crippen molar-refractivity contribution in [2.24, 2.45) is 0 Å². The Morgan fingerprint density at radius 1 is 0.211 bits per heavy atom. The quantitative estimate of drug-likeness (QED) is 0.0902. The van der Waals surface area contributed by atoms with E-state index in [1.165, 1.54) is 135 Å². The van der Waals surface area contributed by atoms with Crippen LogP contribution in [0.15, 0.2) is 352 Å². The van der Waals surface area contributed by atoms with Crippen molar-refractivity contribution in [3.63, 3.8) is 0 Å². The lowest BCUT2D eigenvalue weighted by atomic mass is 9.59. The molecule has 2 aromatic heterocycles. The topological polar surface area (TPSA) is 9.86 Å². The third-order valence-corrected chi connectivity index (χ3v) is 29.7. The number of hydrogen-bond donors (Lipinski definition) is 0. The molecule has 422 valence electrons. The Bertz CT molecular complexity index is 5230. The minimum Gasteiger partial charge on any atom is -0.309 e. The zero-order valence-corrected chi connectivity index (χ0v) is 51.5. The van der Waals surface area contributed by atoms with E-state index in [9.17, 15) is 0 Å². The highest BCUT2D eigenvalue weighted by molar-refractivity contribution is 7.20. The van der Waals surface area contributed by atoms with Crippen LogP contribution in [0.3, 0.4) is 0 Å². The fourth-order valence-corrected chi connectivity index (χ4v) is 26.2. The van der Waals surface area contributed by atoms with Gasteiger partial charge < -0.3 is 9.13 Å². The number of benzene rings is 14. The maximum absolute atomic E-state index is 2.84. The smallest absolute Gasteiger partial charge is 0.179 e. The molecule has 2 nitrogen and oxygen atoms in total. The summed E-state index contributed by atoms with van der Waals surface area (Å²) in [6.07, 6.45) is 0. The molecule has 0 saturated carbocycles. The van der Waals surface area contributed by atoms with Crippen molar-refractivity contribution in [2.45, 2.75) is 11.8 Å². The van der Waals surface area contributed by atoms with E-state index in [1.54, 1.807) is 0 Å². The van der Waals surface area contributed by atoms with E-state index in [1.807, 2.05) is 0 Å². The molecule has 3 aliphatic carbocycles. The third kappa shape index (κ3) is 7.62. The summed E-state index contributed by atoms with van der Waals surface area (Å²) in [7, 11) is -5.62. The first-order valence-corrected chi connectivity index (χ1v) is 35.6. The van der Waals surface area contributed by atoms with Crippen molar-refractivity contribution in [1.82, 2.24) is 9.13 Å². The van der Waals surface area contributed by atoms with Crippen molar-refractivity contribution in [3.05, 3.63) is 385 Å². The summed E-state index contributed by atoms with van der Waals surface area (Å²) in [5.74, 6) is 0.0563. The van der Waals surface area contributed by atoms with E-state index in [2.05, 4.69) is 361 Å². The number of rotatable bonds is 11. The molecule has 0 spiro atoms. The van der Waals surface area contributed by atoms with E-state index in [-0.39, 0.29) is 11.8 Å². The minimum absolute atomic E-state index is 0.0138. The lowest BCUT2D eigenvalue weighted by molar-refractivity contribution is 0.768. The van der Waals surface area contributed by atoms with Gasteiger partial charge in [-0.15, -0.1) is 0 Å². The molecule has 2 unspecified atom stereocenters. The van der Waals surface area contributed by atoms with Crippen molar-refractivity contribution in [1.29, 1.82) is 0 Å². The molecular formula is C86H60N2Si2. The standard InChI is InChI=1S/C86H60N2Si2/c1-7-32-63(33-8-1)89(64-34-9-2-10-35-64,65-36-11-3-12-37-65)69-44-26-29-60(57-69)59-28-25-30-61(56-59)87-77-50-23-21-48-73(77)82-79(87)54-52-75-81-71-46-19-20-47-72(71)84(85(75)82)86-76(81)53-55-80-83(86)74-49-22-24-51-78(74)88(80)62-31-27-45-70(58-62)90(66-38-13-4-14-39-66,67-40-15-5-16-41-67)68-42-17-6-18-43-68/h1-58,81,84H. The Labute approximate surface area is 526 Å². The molecule has 16 aromatic rings. The first-order chi connectivity index (χ1) is 44.7. The molecule has 90 heavy (non-hydrogen) atoms. The summed E-state index contributed by atoms with van der Waals surface area (Å²) < 4.78 is 5.12. The van der Waals surface area contributed by atoms with Crippen molar-refractivity contribution in [2.75, 3.05) is 0 Å². The summed E-state index contributed by atoms with van der Waals surface area (Å²) in [5, 5.41) is 16.2. The zero-order chi connectivity index (χ0) is 59.3. The predicted molar refractivity (Wildman–Crippen MR) is 383 cm³/mol. The Morgan fingerprint density at radius 2 is 0.533 bits per heavy atom. The number of aromatic nitrogens is 2. The van der Waals surface area contributed by atoms with Crippen LogP contribution in [0, 0.1) is 0 Å². The molecule has 19 rings (SSSR count). The van der Waals surface area contributed by atoms with Crippen LogP contribution >= 0.6 is 0 Å². The molecule has 0 saturated heterocycles. The van der Waals surface area contributed by atoms with E-state index >= 15 is 0 Å². The molecule has 4 heteroatoms. The SMILES string of the molecule is c1ccc([Si](c2ccccc2)(c2ccccc2)c2cccc(-c3cccc(-n4c5ccccc5c5c6c(ccc54)C4c5ccccc5C6c5c4ccc4c5c5ccccc5n4-c4cccc([Si](c5ccccc5)(c5ccccc5)c5ccccc5)c4)c3)c2)cc1. The largest absolute Gasteiger partial charge is 0.309 e. The van der Waals surface area contributed by atoms with Gasteiger partial charge in [0.25, 0.3) is 0 Å². The van der Waals surface area contributed by atoms with Crippen LogP contribution < -0.4 is 41.5 Å². The lowest BCUT2D eigenvalue weighted by Gasteiger charge is -2.43. The third-order valence-electron chi connectivity index (χ3n) is 20.2. The van der Waals surface area contributed by atoms with Gasteiger partial charge in [0.15, 0.2) is 16.1 Å². The number of hydrogen-bond acceptors (Lipinski definition) is 0. The normalized spacial score (nSPS) is 14.2. The van der Waals surface area contributed by atoms with Crippen LogP contribution in [0.25, 0.3) is 66.1 Å². The second-order valence-electron chi connectivity index (χ2n) is 24.5. The Kier molecular flexibility index (Phi) is 12.1. The molecule has 0 N–H and O–H groups in total. The van der Waals surface area contributed by atoms with Crippen LogP contribution in [-0.2, 0) is 0 Å². The molecule has 3 aliphatic rings. The van der Waals surface area contributed by atoms with Crippen LogP contribution in [0.1, 0.15) is 45.2 Å². The highest BCUT2D eigenvalue weighted by atomic mass is 28.3. The monoisotopic (exact) mass is 1180 g/mol. The summed E-state index contributed by atoms with van der Waals surface area (Å²) in [5.41, 5.74) is 18.1. The van der Waals surface area contributed by atoms with Crippen LogP contribution in [0.2, 0.25) is 0 Å². The Balaban J connectivity index is 0.827. The van der Waals surface area contributed by atoms with Crippen molar-refractivity contribution < 1.29 is 0 Å². The van der Waals surface area contributed by atoms with Crippen LogP contribution in [0.4, 0.5) is 0 Å². The maximum atomic E-state index is 2.58. The average molecular weight is 1180 g/mol. The summed E-state index contributed by atoms with van der Waals surface area (Å²) in [6, 6.07) is 134. The number of nitrogens with zero attached hydrogens (tertiary/aromatic N) is 2. The van der Waals surface area contributed by atoms with Gasteiger partial charge in [-0.3, -0.25) is 0 Å². The van der Waals surface area contributed by atoms with Gasteiger partial charge in [0.05, 0.1) is 22.1 Å². The Hall–Kier alpha value is -10.9. The van der Waals surface area contributed by atoms with Crippen molar-refractivity contribution >= 4 is 101 Å². The zero-order valence-electron chi connectivity index (χ0n) is 49.5. The first-order valence-electron chi connectivity index (χ1n) is 31.6. The van der Waals surface area contributed by atoms with Gasteiger partial charge in [-0.1, -0.05) is 303 Å². The van der Waals surface area contributed by atoms with E-state index in [0.717, 1.165) is 5.69 Å². The fourth-order valence-electron chi connectivity index (χ4n) is 16.6. The molecule has 2 bridgehead atoms. The van der Waals surface area contributed by atoms with Gasteiger partial charge in [-0.25, -0.2) is 0 Å². The van der Waals surface area contributed by atoms with Gasteiger partial charge in [0.1, 0.15) is 0 Å². The van der Waals surface area contributed by atoms with Gasteiger partial charge in [-0.2, -0.15) is 0 Å². The second-order valence-corrected chi connectivity index (χ2v) is 32.1. The molecule has 0 amide bonds. The molecule has 2 heterocycles. The van der Waals surface area contributed by atoms with Gasteiger partial charge in [-0.05, 0) is 135 Å². The molecule has 0 aliphatic heterocycles. The van der Waals surface area contributed by atoms with Gasteiger partial charge in [0, 0.05) is 44.8 Å².